The quantitative estimate of drug-likeness (QED) is 0.645. The van der Waals surface area contributed by atoms with Crippen molar-refractivity contribution in [2.45, 2.75) is 20.3 Å². The minimum Gasteiger partial charge on any atom is -0.490 e. The van der Waals surface area contributed by atoms with Crippen molar-refractivity contribution in [3.8, 4) is 11.5 Å². The monoisotopic (exact) mass is 346 g/mol. The van der Waals surface area contributed by atoms with Gasteiger partial charge in [-0.25, -0.2) is 0 Å². The highest BCUT2D eigenvalue weighted by atomic mass is 16.5. The lowest BCUT2D eigenvalue weighted by atomic mass is 10.1. The SMILES string of the molecule is C=CCOc1ccc(C(=O)N(CC)C[C@H]2CCN(C)C2)cc1OCC. The predicted octanol–water partition coefficient (Wildman–Crippen LogP) is 3.06. The summed E-state index contributed by atoms with van der Waals surface area (Å²) in [5.41, 5.74) is 0.641. The summed E-state index contributed by atoms with van der Waals surface area (Å²) in [5.74, 6) is 1.84. The van der Waals surface area contributed by atoms with E-state index in [0.717, 1.165) is 26.1 Å². The summed E-state index contributed by atoms with van der Waals surface area (Å²) in [7, 11) is 2.13. The molecule has 1 aromatic rings. The maximum atomic E-state index is 12.9. The summed E-state index contributed by atoms with van der Waals surface area (Å²) in [6.45, 7) is 12.2. The molecule has 25 heavy (non-hydrogen) atoms. The third-order valence-corrected chi connectivity index (χ3v) is 4.48. The van der Waals surface area contributed by atoms with Crippen LogP contribution in [-0.2, 0) is 0 Å². The van der Waals surface area contributed by atoms with Crippen LogP contribution in [0.15, 0.2) is 30.9 Å². The predicted molar refractivity (Wildman–Crippen MR) is 100 cm³/mol. The number of nitrogens with zero attached hydrogens (tertiary/aromatic N) is 2. The Hall–Kier alpha value is -2.01. The van der Waals surface area contributed by atoms with Crippen molar-refractivity contribution < 1.29 is 14.3 Å². The van der Waals surface area contributed by atoms with Crippen molar-refractivity contribution in [1.82, 2.24) is 9.80 Å². The topological polar surface area (TPSA) is 42.0 Å². The van der Waals surface area contributed by atoms with E-state index in [1.165, 1.54) is 0 Å². The number of hydrogen-bond acceptors (Lipinski definition) is 4. The van der Waals surface area contributed by atoms with Crippen LogP contribution in [0.2, 0.25) is 0 Å². The molecule has 1 fully saturated rings. The summed E-state index contributed by atoms with van der Waals surface area (Å²) in [6.07, 6.45) is 2.84. The van der Waals surface area contributed by atoms with Gasteiger partial charge in [-0.3, -0.25) is 4.79 Å². The van der Waals surface area contributed by atoms with Crippen LogP contribution in [0.1, 0.15) is 30.6 Å². The molecule has 1 amide bonds. The van der Waals surface area contributed by atoms with E-state index in [9.17, 15) is 4.79 Å². The molecule has 5 heteroatoms. The van der Waals surface area contributed by atoms with Gasteiger partial charge in [-0.2, -0.15) is 0 Å². The largest absolute Gasteiger partial charge is 0.490 e. The van der Waals surface area contributed by atoms with Gasteiger partial charge >= 0.3 is 0 Å². The highest BCUT2D eigenvalue weighted by molar-refractivity contribution is 5.95. The molecule has 0 bridgehead atoms. The lowest BCUT2D eigenvalue weighted by Gasteiger charge is -2.25. The molecule has 0 N–H and O–H groups in total. The molecule has 1 aromatic carbocycles. The highest BCUT2D eigenvalue weighted by Gasteiger charge is 2.24. The summed E-state index contributed by atoms with van der Waals surface area (Å²) in [6, 6.07) is 5.40. The van der Waals surface area contributed by atoms with Crippen LogP contribution >= 0.6 is 0 Å². The fourth-order valence-corrected chi connectivity index (χ4v) is 3.20. The van der Waals surface area contributed by atoms with Gasteiger partial charge in [-0.15, -0.1) is 0 Å². The second-order valence-electron chi connectivity index (χ2n) is 6.45. The zero-order chi connectivity index (χ0) is 18.2. The Balaban J connectivity index is 2.12. The maximum absolute atomic E-state index is 12.9. The van der Waals surface area contributed by atoms with Crippen LogP contribution in [0.3, 0.4) is 0 Å². The zero-order valence-electron chi connectivity index (χ0n) is 15.7. The molecule has 0 unspecified atom stereocenters. The molecule has 2 rings (SSSR count). The van der Waals surface area contributed by atoms with Gasteiger partial charge < -0.3 is 19.3 Å². The Morgan fingerprint density at radius 2 is 2.16 bits per heavy atom. The van der Waals surface area contributed by atoms with Crippen molar-refractivity contribution in [3.63, 3.8) is 0 Å². The van der Waals surface area contributed by atoms with Gasteiger partial charge in [0.05, 0.1) is 6.61 Å². The van der Waals surface area contributed by atoms with Crippen LogP contribution in [0.4, 0.5) is 0 Å². The van der Waals surface area contributed by atoms with E-state index in [1.807, 2.05) is 24.8 Å². The van der Waals surface area contributed by atoms with Crippen LogP contribution in [0.25, 0.3) is 0 Å². The fourth-order valence-electron chi connectivity index (χ4n) is 3.20. The molecular weight excluding hydrogens is 316 g/mol. The first-order chi connectivity index (χ1) is 12.1. The molecule has 138 valence electrons. The number of ether oxygens (including phenoxy) is 2. The van der Waals surface area contributed by atoms with Gasteiger partial charge in [-0.05, 0) is 58.0 Å². The average Bonchev–Trinajstić information content (AvgIpc) is 3.03. The second kappa shape index (κ2) is 9.47. The molecule has 1 saturated heterocycles. The van der Waals surface area contributed by atoms with E-state index in [1.54, 1.807) is 18.2 Å². The molecule has 0 saturated carbocycles. The molecule has 0 aliphatic carbocycles. The summed E-state index contributed by atoms with van der Waals surface area (Å²) in [4.78, 5) is 17.2. The van der Waals surface area contributed by atoms with Crippen molar-refractivity contribution in [2.24, 2.45) is 5.92 Å². The molecule has 1 aliphatic heterocycles. The number of rotatable bonds is 9. The standard InChI is InChI=1S/C20H30N2O3/c1-5-12-25-18-9-8-17(13-19(18)24-7-3)20(23)22(6-2)15-16-10-11-21(4)14-16/h5,8-9,13,16H,1,6-7,10-12,14-15H2,2-4H3/t16-/m0/s1. The molecule has 0 radical (unpaired) electrons. The third-order valence-electron chi connectivity index (χ3n) is 4.48. The Bertz CT molecular complexity index is 588. The van der Waals surface area contributed by atoms with Gasteiger partial charge in [-0.1, -0.05) is 12.7 Å². The van der Waals surface area contributed by atoms with Gasteiger partial charge in [0.2, 0.25) is 0 Å². The summed E-state index contributed by atoms with van der Waals surface area (Å²) in [5, 5.41) is 0. The van der Waals surface area contributed by atoms with E-state index in [-0.39, 0.29) is 5.91 Å². The van der Waals surface area contributed by atoms with Crippen molar-refractivity contribution in [3.05, 3.63) is 36.4 Å². The van der Waals surface area contributed by atoms with Crippen LogP contribution in [0, 0.1) is 5.92 Å². The number of carbonyl (C=O) groups excluding carboxylic acids is 1. The Labute approximate surface area is 151 Å². The molecule has 1 heterocycles. The molecular formula is C20H30N2O3. The Morgan fingerprint density at radius 3 is 2.76 bits per heavy atom. The number of hydrogen-bond donors (Lipinski definition) is 0. The minimum atomic E-state index is 0.0493. The second-order valence-corrected chi connectivity index (χ2v) is 6.45. The Morgan fingerprint density at radius 1 is 1.36 bits per heavy atom. The molecule has 1 atom stereocenters. The minimum absolute atomic E-state index is 0.0493. The van der Waals surface area contributed by atoms with E-state index >= 15 is 0 Å². The molecule has 5 nitrogen and oxygen atoms in total. The van der Waals surface area contributed by atoms with E-state index in [4.69, 9.17) is 9.47 Å². The number of carbonyl (C=O) groups is 1. The number of likely N-dealkylation sites (tertiary alicyclic amines) is 1. The van der Waals surface area contributed by atoms with Crippen LogP contribution < -0.4 is 9.47 Å². The highest BCUT2D eigenvalue weighted by Crippen LogP contribution is 2.29. The van der Waals surface area contributed by atoms with Gasteiger partial charge in [0.15, 0.2) is 11.5 Å². The van der Waals surface area contributed by atoms with Crippen molar-refractivity contribution >= 4 is 5.91 Å². The van der Waals surface area contributed by atoms with E-state index in [0.29, 0.717) is 42.7 Å². The fraction of sp³-hybridized carbons (Fsp3) is 0.550. The van der Waals surface area contributed by atoms with Crippen molar-refractivity contribution in [1.29, 1.82) is 0 Å². The summed E-state index contributed by atoms with van der Waals surface area (Å²) >= 11 is 0. The van der Waals surface area contributed by atoms with Crippen LogP contribution in [0.5, 0.6) is 11.5 Å². The average molecular weight is 346 g/mol. The third kappa shape index (κ3) is 5.23. The smallest absolute Gasteiger partial charge is 0.253 e. The number of amides is 1. The molecule has 0 spiro atoms. The first kappa shape index (κ1) is 19.3. The summed E-state index contributed by atoms with van der Waals surface area (Å²) < 4.78 is 11.3. The lowest BCUT2D eigenvalue weighted by molar-refractivity contribution is 0.0739. The van der Waals surface area contributed by atoms with Crippen molar-refractivity contribution in [2.75, 3.05) is 46.4 Å². The van der Waals surface area contributed by atoms with Gasteiger partial charge in [0.1, 0.15) is 6.61 Å². The number of benzene rings is 1. The van der Waals surface area contributed by atoms with E-state index < -0.39 is 0 Å². The first-order valence-electron chi connectivity index (χ1n) is 9.07. The normalized spacial score (nSPS) is 17.3. The Kier molecular flexibility index (Phi) is 7.31. The molecule has 0 aromatic heterocycles. The van der Waals surface area contributed by atoms with E-state index in [2.05, 4.69) is 18.5 Å². The maximum Gasteiger partial charge on any atom is 0.253 e. The first-order valence-corrected chi connectivity index (χ1v) is 9.07. The van der Waals surface area contributed by atoms with Gasteiger partial charge in [0, 0.05) is 25.2 Å². The molecule has 1 aliphatic rings. The van der Waals surface area contributed by atoms with Crippen LogP contribution in [-0.4, -0.2) is 62.1 Å². The van der Waals surface area contributed by atoms with Gasteiger partial charge in [0.25, 0.3) is 5.91 Å². The lowest BCUT2D eigenvalue weighted by Crippen LogP contribution is -2.36. The zero-order valence-corrected chi connectivity index (χ0v) is 15.7.